The van der Waals surface area contributed by atoms with Crippen LogP contribution in [0.1, 0.15) is 25.0 Å². The highest BCUT2D eigenvalue weighted by Crippen LogP contribution is 2.06. The van der Waals surface area contributed by atoms with Crippen LogP contribution >= 0.6 is 0 Å². The van der Waals surface area contributed by atoms with Gasteiger partial charge in [0.25, 0.3) is 0 Å². The molecule has 0 saturated heterocycles. The van der Waals surface area contributed by atoms with Crippen molar-refractivity contribution >= 4 is 0 Å². The molecule has 0 amide bonds. The molecule has 1 atom stereocenters. The Hall–Kier alpha value is -2.48. The van der Waals surface area contributed by atoms with Crippen LogP contribution in [-0.4, -0.2) is 12.7 Å². The molecule has 0 bridgehead atoms. The number of hydrogen-bond donors (Lipinski definition) is 0. The minimum Gasteiger partial charge on any atom is -0.353 e. The van der Waals surface area contributed by atoms with Gasteiger partial charge in [-0.25, -0.2) is 0 Å². The van der Waals surface area contributed by atoms with Gasteiger partial charge in [-0.15, -0.1) is 0 Å². The molecule has 0 fully saturated rings. The zero-order chi connectivity index (χ0) is 15.6. The summed E-state index contributed by atoms with van der Waals surface area (Å²) in [6.07, 6.45) is -0.106. The van der Waals surface area contributed by atoms with Gasteiger partial charge in [0.1, 0.15) is 12.7 Å². The Morgan fingerprint density at radius 1 is 0.818 bits per heavy atom. The lowest BCUT2D eigenvalue weighted by molar-refractivity contribution is 0.0864. The smallest absolute Gasteiger partial charge is 0.122 e. The summed E-state index contributed by atoms with van der Waals surface area (Å²) in [6.45, 7) is 4.60. The van der Waals surface area contributed by atoms with E-state index in [1.807, 2.05) is 60.7 Å². The van der Waals surface area contributed by atoms with E-state index in [9.17, 15) is 0 Å². The Kier molecular flexibility index (Phi) is 6.31. The number of ether oxygens (including phenoxy) is 1. The molecule has 2 aromatic rings. The first-order valence-electron chi connectivity index (χ1n) is 7.48. The van der Waals surface area contributed by atoms with E-state index in [4.69, 9.17) is 4.74 Å². The van der Waals surface area contributed by atoms with Crippen molar-refractivity contribution in [2.75, 3.05) is 6.61 Å². The average Bonchev–Trinajstić information content (AvgIpc) is 2.55. The van der Waals surface area contributed by atoms with Gasteiger partial charge in [0.2, 0.25) is 0 Å². The van der Waals surface area contributed by atoms with Gasteiger partial charge < -0.3 is 4.74 Å². The first kappa shape index (κ1) is 15.9. The molecule has 2 aromatic carbocycles. The van der Waals surface area contributed by atoms with Crippen molar-refractivity contribution in [3.8, 4) is 23.7 Å². The lowest BCUT2D eigenvalue weighted by atomic mass is 10.1. The Bertz CT molecular complexity index is 679. The van der Waals surface area contributed by atoms with E-state index < -0.39 is 0 Å². The maximum atomic E-state index is 5.80. The first-order chi connectivity index (χ1) is 10.8. The highest BCUT2D eigenvalue weighted by Gasteiger charge is 2.09. The molecule has 110 valence electrons. The van der Waals surface area contributed by atoms with E-state index in [2.05, 4.69) is 37.5 Å². The number of benzene rings is 2. The Balaban J connectivity index is 1.93. The van der Waals surface area contributed by atoms with Crippen molar-refractivity contribution in [2.24, 2.45) is 5.92 Å². The molecule has 0 aliphatic heterocycles. The minimum absolute atomic E-state index is 0.106. The molecule has 0 aromatic heterocycles. The highest BCUT2D eigenvalue weighted by atomic mass is 16.5. The predicted molar refractivity (Wildman–Crippen MR) is 91.2 cm³/mol. The third-order valence-electron chi connectivity index (χ3n) is 3.08. The maximum absolute atomic E-state index is 5.80. The summed E-state index contributed by atoms with van der Waals surface area (Å²) in [7, 11) is 0. The summed E-state index contributed by atoms with van der Waals surface area (Å²) >= 11 is 0. The monoisotopic (exact) mass is 288 g/mol. The van der Waals surface area contributed by atoms with Gasteiger partial charge in [-0.05, 0) is 30.2 Å². The van der Waals surface area contributed by atoms with E-state index in [-0.39, 0.29) is 6.10 Å². The molecule has 1 nitrogen and oxygen atoms in total. The van der Waals surface area contributed by atoms with E-state index in [1.54, 1.807) is 0 Å². The van der Waals surface area contributed by atoms with Crippen LogP contribution in [0.3, 0.4) is 0 Å². The largest absolute Gasteiger partial charge is 0.353 e. The van der Waals surface area contributed by atoms with E-state index in [1.165, 1.54) is 0 Å². The van der Waals surface area contributed by atoms with Crippen LogP contribution in [0.15, 0.2) is 60.7 Å². The molecule has 0 aliphatic carbocycles. The Labute approximate surface area is 133 Å². The van der Waals surface area contributed by atoms with Crippen molar-refractivity contribution < 1.29 is 4.74 Å². The van der Waals surface area contributed by atoms with Crippen molar-refractivity contribution in [3.05, 3.63) is 71.8 Å². The third-order valence-corrected chi connectivity index (χ3v) is 3.08. The molecule has 0 aliphatic rings. The fourth-order valence-electron chi connectivity index (χ4n) is 1.87. The topological polar surface area (TPSA) is 9.23 Å². The van der Waals surface area contributed by atoms with Crippen LogP contribution in [0.25, 0.3) is 0 Å². The van der Waals surface area contributed by atoms with E-state index in [0.717, 1.165) is 11.1 Å². The van der Waals surface area contributed by atoms with Crippen LogP contribution in [0, 0.1) is 29.6 Å². The van der Waals surface area contributed by atoms with Crippen LogP contribution in [-0.2, 0) is 4.74 Å². The van der Waals surface area contributed by atoms with Gasteiger partial charge in [0.05, 0.1) is 0 Å². The Morgan fingerprint density at radius 3 is 1.91 bits per heavy atom. The summed E-state index contributed by atoms with van der Waals surface area (Å²) in [5.74, 6) is 12.8. The molecule has 0 spiro atoms. The summed E-state index contributed by atoms with van der Waals surface area (Å²) in [6, 6.07) is 19.9. The number of hydrogen-bond acceptors (Lipinski definition) is 1. The summed E-state index contributed by atoms with van der Waals surface area (Å²) in [5, 5.41) is 0. The van der Waals surface area contributed by atoms with E-state index >= 15 is 0 Å². The number of rotatable bonds is 3. The van der Waals surface area contributed by atoms with Gasteiger partial charge in [-0.1, -0.05) is 73.9 Å². The standard InChI is InChI=1S/C21H20O/c1-18(2)21(16-15-20-12-7-4-8-13-20)22-17-9-14-19-10-5-3-6-11-19/h3-8,10-13,18,21H,17H2,1-2H3. The molecule has 2 rings (SSSR count). The fraction of sp³-hybridized carbons (Fsp3) is 0.238. The second-order valence-corrected chi connectivity index (χ2v) is 5.28. The SMILES string of the molecule is CC(C)C(C#Cc1ccccc1)OCC#Cc1ccccc1. The highest BCUT2D eigenvalue weighted by molar-refractivity contribution is 5.35. The molecule has 0 saturated carbocycles. The lowest BCUT2D eigenvalue weighted by Crippen LogP contribution is -2.18. The molecule has 22 heavy (non-hydrogen) atoms. The van der Waals surface area contributed by atoms with Crippen LogP contribution in [0.5, 0.6) is 0 Å². The second-order valence-electron chi connectivity index (χ2n) is 5.28. The van der Waals surface area contributed by atoms with Gasteiger partial charge in [-0.3, -0.25) is 0 Å². The second kappa shape index (κ2) is 8.73. The van der Waals surface area contributed by atoms with Gasteiger partial charge in [-0.2, -0.15) is 0 Å². The lowest BCUT2D eigenvalue weighted by Gasteiger charge is -2.13. The zero-order valence-corrected chi connectivity index (χ0v) is 13.0. The van der Waals surface area contributed by atoms with Crippen molar-refractivity contribution in [2.45, 2.75) is 20.0 Å². The fourth-order valence-corrected chi connectivity index (χ4v) is 1.87. The van der Waals surface area contributed by atoms with Crippen molar-refractivity contribution in [1.82, 2.24) is 0 Å². The molecule has 0 heterocycles. The summed E-state index contributed by atoms with van der Waals surface area (Å²) in [4.78, 5) is 0. The third kappa shape index (κ3) is 5.49. The molecular weight excluding hydrogens is 268 g/mol. The van der Waals surface area contributed by atoms with Crippen LogP contribution in [0.2, 0.25) is 0 Å². The predicted octanol–water partition coefficient (Wildman–Crippen LogP) is 4.13. The average molecular weight is 288 g/mol. The molecular formula is C21H20O. The summed E-state index contributed by atoms with van der Waals surface area (Å²) < 4.78 is 5.80. The van der Waals surface area contributed by atoms with Crippen molar-refractivity contribution in [1.29, 1.82) is 0 Å². The molecule has 1 unspecified atom stereocenters. The molecule has 0 radical (unpaired) electrons. The van der Waals surface area contributed by atoms with Gasteiger partial charge in [0, 0.05) is 11.1 Å². The van der Waals surface area contributed by atoms with Gasteiger partial charge >= 0.3 is 0 Å². The van der Waals surface area contributed by atoms with Gasteiger partial charge in [0.15, 0.2) is 0 Å². The van der Waals surface area contributed by atoms with Crippen LogP contribution in [0.4, 0.5) is 0 Å². The maximum Gasteiger partial charge on any atom is 0.122 e. The molecule has 0 N–H and O–H groups in total. The van der Waals surface area contributed by atoms with E-state index in [0.29, 0.717) is 12.5 Å². The first-order valence-corrected chi connectivity index (χ1v) is 7.48. The quantitative estimate of drug-likeness (QED) is 0.772. The summed E-state index contributed by atoms with van der Waals surface area (Å²) in [5.41, 5.74) is 2.01. The minimum atomic E-state index is -0.106. The van der Waals surface area contributed by atoms with Crippen molar-refractivity contribution in [3.63, 3.8) is 0 Å². The molecule has 1 heteroatoms. The normalized spacial score (nSPS) is 11.0. The zero-order valence-electron chi connectivity index (χ0n) is 13.0. The Morgan fingerprint density at radius 2 is 1.36 bits per heavy atom. The van der Waals surface area contributed by atoms with Crippen LogP contribution < -0.4 is 0 Å².